The van der Waals surface area contributed by atoms with Crippen LogP contribution in [0.15, 0.2) is 0 Å². The van der Waals surface area contributed by atoms with Crippen LogP contribution in [0.2, 0.25) is 0 Å². The van der Waals surface area contributed by atoms with Crippen molar-refractivity contribution in [1.82, 2.24) is 14.7 Å². The summed E-state index contributed by atoms with van der Waals surface area (Å²) in [6.45, 7) is 7.00. The van der Waals surface area contributed by atoms with Crippen LogP contribution < -0.4 is 5.32 Å². The molecule has 11 nitrogen and oxygen atoms in total. The number of nitrogens with one attached hydrogen (secondary N) is 1. The second-order valence-corrected chi connectivity index (χ2v) is 18.4. The van der Waals surface area contributed by atoms with E-state index in [9.17, 15) is 32.4 Å². The van der Waals surface area contributed by atoms with Crippen molar-refractivity contribution in [2.75, 3.05) is 33.0 Å². The number of Topliss-reactive ketones (excluding diaryl/α,β-unsaturated/α-hetero) is 3. The van der Waals surface area contributed by atoms with Crippen LogP contribution in [0.5, 0.6) is 0 Å². The van der Waals surface area contributed by atoms with Gasteiger partial charge in [0.25, 0.3) is 5.91 Å². The van der Waals surface area contributed by atoms with Crippen molar-refractivity contribution in [2.45, 2.75) is 142 Å². The lowest BCUT2D eigenvalue weighted by molar-refractivity contribution is -0.146. The highest BCUT2D eigenvalue weighted by atomic mass is 32.2. The molecule has 2 aliphatic carbocycles. The molecule has 2 amide bonds. The van der Waals surface area contributed by atoms with Gasteiger partial charge in [0.1, 0.15) is 5.78 Å². The molecule has 284 valence electrons. The van der Waals surface area contributed by atoms with Gasteiger partial charge in [-0.25, -0.2) is 8.42 Å². The Morgan fingerprint density at radius 1 is 0.940 bits per heavy atom. The smallest absolute Gasteiger partial charge is 0.287 e. The van der Waals surface area contributed by atoms with E-state index in [2.05, 4.69) is 19.2 Å². The van der Waals surface area contributed by atoms with Crippen LogP contribution in [0.25, 0.3) is 0 Å². The average Bonchev–Trinajstić information content (AvgIpc) is 3.38. The molecule has 2 saturated carbocycles. The summed E-state index contributed by atoms with van der Waals surface area (Å²) >= 11 is 0. The zero-order valence-corrected chi connectivity index (χ0v) is 32.1. The molecule has 2 heterocycles. The number of sulfonamides is 1. The Balaban J connectivity index is 1.57. The molecule has 0 aromatic rings. The van der Waals surface area contributed by atoms with Crippen LogP contribution in [0, 0.1) is 34.5 Å². The monoisotopic (exact) mass is 721 g/mol. The first-order valence-electron chi connectivity index (χ1n) is 19.3. The van der Waals surface area contributed by atoms with Gasteiger partial charge in [-0.15, -0.1) is 0 Å². The number of amides is 2. The number of fused-ring (bicyclic) bond motifs is 3. The molecule has 1 N–H and O–H groups in total. The number of hydrogen-bond donors (Lipinski definition) is 1. The van der Waals surface area contributed by atoms with Crippen molar-refractivity contribution in [3.8, 4) is 0 Å². The topological polar surface area (TPSA) is 147 Å². The average molecular weight is 722 g/mol. The quantitative estimate of drug-likeness (QED) is 0.208. The summed E-state index contributed by atoms with van der Waals surface area (Å²) in [5.41, 5.74) is -0.819. The van der Waals surface area contributed by atoms with Gasteiger partial charge in [-0.3, -0.25) is 28.8 Å². The maximum absolute atomic E-state index is 14.5. The van der Waals surface area contributed by atoms with Crippen LogP contribution >= 0.6 is 0 Å². The lowest BCUT2D eigenvalue weighted by Gasteiger charge is -2.38. The fourth-order valence-corrected chi connectivity index (χ4v) is 10.9. The molecular weight excluding hydrogens is 658 g/mol. The Morgan fingerprint density at radius 3 is 2.16 bits per heavy atom. The van der Waals surface area contributed by atoms with Crippen molar-refractivity contribution in [3.63, 3.8) is 0 Å². The minimum Gasteiger partial charge on any atom is -0.350 e. The molecule has 2 saturated heterocycles. The van der Waals surface area contributed by atoms with Gasteiger partial charge in [0.05, 0.1) is 18.9 Å². The van der Waals surface area contributed by atoms with Gasteiger partial charge < -0.3 is 10.2 Å². The van der Waals surface area contributed by atoms with E-state index in [-0.39, 0.29) is 59.7 Å². The maximum atomic E-state index is 14.5. The number of nitrogens with zero attached hydrogens (tertiary/aromatic N) is 2. The molecular formula is C38H63N3O8S. The highest BCUT2D eigenvalue weighted by Crippen LogP contribution is 2.65. The highest BCUT2D eigenvalue weighted by Gasteiger charge is 2.69. The first kappa shape index (κ1) is 40.6. The molecule has 0 bridgehead atoms. The first-order valence-corrected chi connectivity index (χ1v) is 21.0. The Morgan fingerprint density at radius 2 is 1.54 bits per heavy atom. The van der Waals surface area contributed by atoms with E-state index < -0.39 is 45.0 Å². The maximum Gasteiger partial charge on any atom is 0.287 e. The van der Waals surface area contributed by atoms with Crippen LogP contribution in [-0.2, 0) is 38.8 Å². The number of carbonyl (C=O) groups is 5. The number of hydroxylamine groups is 1. The van der Waals surface area contributed by atoms with Crippen molar-refractivity contribution in [1.29, 1.82) is 0 Å². The third kappa shape index (κ3) is 9.82. The molecule has 5 atom stereocenters. The molecule has 0 aromatic heterocycles. The fourth-order valence-electron chi connectivity index (χ4n) is 9.33. The summed E-state index contributed by atoms with van der Waals surface area (Å²) in [6, 6.07) is -0.679. The Kier molecular flexibility index (Phi) is 14.3. The summed E-state index contributed by atoms with van der Waals surface area (Å²) in [6.07, 6.45) is 12.2. The SMILES string of the molecule is CCCNC(=O)C(=O)[C@@H]1CCCCCCCCC[C@H](CC(=O)CC2(CS(=O)(=O)N(C)OC)CCCCC2)C(=O)N2C[C@H]3[C@@H]([C@H]2C(=O)C1)C3(C)C. The highest BCUT2D eigenvalue weighted by molar-refractivity contribution is 7.88. The lowest BCUT2D eigenvalue weighted by atomic mass is 9.71. The van der Waals surface area contributed by atoms with Gasteiger partial charge in [0.15, 0.2) is 5.78 Å². The molecule has 0 radical (unpaired) electrons. The Bertz CT molecular complexity index is 1340. The summed E-state index contributed by atoms with van der Waals surface area (Å²) in [4.78, 5) is 75.5. The Labute approximate surface area is 300 Å². The molecule has 4 rings (SSSR count). The van der Waals surface area contributed by atoms with Gasteiger partial charge in [-0.1, -0.05) is 89.4 Å². The summed E-state index contributed by atoms with van der Waals surface area (Å²) in [5, 5.41) is 2.69. The zero-order valence-electron chi connectivity index (χ0n) is 31.3. The van der Waals surface area contributed by atoms with Crippen LogP contribution in [0.4, 0.5) is 0 Å². The van der Waals surface area contributed by atoms with Gasteiger partial charge in [0, 0.05) is 51.2 Å². The standard InChI is InChI=1S/C38H63N3O8S/c1-6-21-39-35(45)34(44)27-17-13-10-8-7-9-11-14-18-28(36(46)41-25-30-32(37(30,2)3)33(41)31(43)23-27)22-29(42)24-38(19-15-12-16-20-38)26-50(47,48)40(4)49-5/h27-28,30,32-33H,6-26H2,1-5H3,(H,39,45)/t27-,28-,30+,32+,33-/m1/s1. The zero-order chi connectivity index (χ0) is 36.7. The van der Waals surface area contributed by atoms with Crippen molar-refractivity contribution in [2.24, 2.45) is 34.5 Å². The molecule has 50 heavy (non-hydrogen) atoms. The molecule has 4 fully saturated rings. The van der Waals surface area contributed by atoms with E-state index in [4.69, 9.17) is 4.84 Å². The van der Waals surface area contributed by atoms with E-state index in [0.29, 0.717) is 45.2 Å². The van der Waals surface area contributed by atoms with E-state index in [1.165, 1.54) is 14.2 Å². The molecule has 0 aromatic carbocycles. The largest absolute Gasteiger partial charge is 0.350 e. The molecule has 0 unspecified atom stereocenters. The van der Waals surface area contributed by atoms with Crippen molar-refractivity contribution in [3.05, 3.63) is 0 Å². The van der Waals surface area contributed by atoms with Crippen LogP contribution in [0.3, 0.4) is 0 Å². The number of ketones is 3. The summed E-state index contributed by atoms with van der Waals surface area (Å²) < 4.78 is 27.1. The summed E-state index contributed by atoms with van der Waals surface area (Å²) in [5.74, 6) is -2.98. The summed E-state index contributed by atoms with van der Waals surface area (Å²) in [7, 11) is -1.08. The predicted octanol–water partition coefficient (Wildman–Crippen LogP) is 5.40. The van der Waals surface area contributed by atoms with Crippen molar-refractivity contribution >= 4 is 39.2 Å². The second kappa shape index (κ2) is 17.6. The molecule has 0 spiro atoms. The minimum absolute atomic E-state index is 0.0210. The normalized spacial score (nSPS) is 29.2. The number of piperidine rings is 1. The van der Waals surface area contributed by atoms with Crippen LogP contribution in [0.1, 0.15) is 136 Å². The fraction of sp³-hybridized carbons (Fsp3) is 0.868. The first-order chi connectivity index (χ1) is 23.7. The molecule has 4 aliphatic rings. The van der Waals surface area contributed by atoms with Crippen molar-refractivity contribution < 1.29 is 37.2 Å². The van der Waals surface area contributed by atoms with Gasteiger partial charge in [0.2, 0.25) is 21.7 Å². The number of hydrogen-bond acceptors (Lipinski definition) is 8. The minimum atomic E-state index is -3.75. The number of carbonyl (C=O) groups excluding carboxylic acids is 5. The lowest BCUT2D eigenvalue weighted by Crippen LogP contribution is -2.49. The van der Waals surface area contributed by atoms with Gasteiger partial charge in [-0.2, -0.15) is 0 Å². The van der Waals surface area contributed by atoms with Gasteiger partial charge in [-0.05, 0) is 54.8 Å². The van der Waals surface area contributed by atoms with E-state index in [0.717, 1.165) is 68.7 Å². The van der Waals surface area contributed by atoms with E-state index in [1.54, 1.807) is 4.90 Å². The van der Waals surface area contributed by atoms with E-state index >= 15 is 0 Å². The molecule has 12 heteroatoms. The van der Waals surface area contributed by atoms with Gasteiger partial charge >= 0.3 is 0 Å². The molecule has 2 aliphatic heterocycles. The third-order valence-corrected chi connectivity index (χ3v) is 14.4. The third-order valence-electron chi connectivity index (χ3n) is 12.5. The second-order valence-electron chi connectivity index (χ2n) is 16.5. The van der Waals surface area contributed by atoms with Crippen LogP contribution in [-0.4, -0.2) is 86.0 Å². The Hall–Kier alpha value is -2.18. The predicted molar refractivity (Wildman–Crippen MR) is 191 cm³/mol. The number of rotatable bonds is 12. The van der Waals surface area contributed by atoms with E-state index in [1.807, 2.05) is 6.92 Å².